The summed E-state index contributed by atoms with van der Waals surface area (Å²) >= 11 is 0. The van der Waals surface area contributed by atoms with Gasteiger partial charge in [-0.25, -0.2) is 0 Å². The molecule has 1 N–H and O–H groups in total. The van der Waals surface area contributed by atoms with Gasteiger partial charge in [0.25, 0.3) is 0 Å². The van der Waals surface area contributed by atoms with Gasteiger partial charge in [0.05, 0.1) is 12.2 Å². The van der Waals surface area contributed by atoms with Crippen LogP contribution in [0.5, 0.6) is 5.75 Å². The van der Waals surface area contributed by atoms with Crippen molar-refractivity contribution in [3.05, 3.63) is 65.7 Å². The predicted molar refractivity (Wildman–Crippen MR) is 80.0 cm³/mol. The summed E-state index contributed by atoms with van der Waals surface area (Å²) < 4.78 is 43.6. The van der Waals surface area contributed by atoms with Gasteiger partial charge >= 0.3 is 6.18 Å². The van der Waals surface area contributed by atoms with Crippen LogP contribution < -0.4 is 10.1 Å². The van der Waals surface area contributed by atoms with Crippen LogP contribution >= 0.6 is 0 Å². The molecule has 1 unspecified atom stereocenters. The Morgan fingerprint density at radius 1 is 1.05 bits per heavy atom. The molecule has 0 aliphatic carbocycles. The van der Waals surface area contributed by atoms with Crippen molar-refractivity contribution in [2.75, 3.05) is 20.2 Å². The van der Waals surface area contributed by atoms with Crippen molar-refractivity contribution in [2.45, 2.75) is 12.1 Å². The monoisotopic (exact) mass is 309 g/mol. The Hall–Kier alpha value is -2.01. The first-order chi connectivity index (χ1) is 10.5. The fraction of sp³-hybridized carbons (Fsp3) is 0.294. The van der Waals surface area contributed by atoms with E-state index >= 15 is 0 Å². The Morgan fingerprint density at radius 2 is 1.77 bits per heavy atom. The van der Waals surface area contributed by atoms with Crippen molar-refractivity contribution >= 4 is 0 Å². The summed E-state index contributed by atoms with van der Waals surface area (Å²) in [6.45, 7) is 0.995. The highest BCUT2D eigenvalue weighted by atomic mass is 19.4. The molecule has 0 radical (unpaired) electrons. The molecule has 5 heteroatoms. The molecule has 0 saturated carbocycles. The lowest BCUT2D eigenvalue weighted by Gasteiger charge is -2.18. The molecule has 0 aliphatic rings. The van der Waals surface area contributed by atoms with Crippen LogP contribution in [-0.4, -0.2) is 20.2 Å². The van der Waals surface area contributed by atoms with Gasteiger partial charge in [-0.3, -0.25) is 0 Å². The molecule has 0 spiro atoms. The van der Waals surface area contributed by atoms with Crippen molar-refractivity contribution < 1.29 is 17.9 Å². The molecule has 0 aromatic heterocycles. The number of benzene rings is 2. The highest BCUT2D eigenvalue weighted by Gasteiger charge is 2.30. The topological polar surface area (TPSA) is 21.3 Å². The molecule has 0 fully saturated rings. The van der Waals surface area contributed by atoms with Crippen LogP contribution in [0.3, 0.4) is 0 Å². The van der Waals surface area contributed by atoms with Gasteiger partial charge in [0.1, 0.15) is 5.75 Å². The number of alkyl halides is 3. The van der Waals surface area contributed by atoms with Gasteiger partial charge in [-0.2, -0.15) is 13.2 Å². The van der Waals surface area contributed by atoms with E-state index in [1.165, 1.54) is 12.1 Å². The minimum atomic E-state index is -4.36. The maximum Gasteiger partial charge on any atom is 0.416 e. The highest BCUT2D eigenvalue weighted by molar-refractivity contribution is 5.30. The van der Waals surface area contributed by atoms with Crippen LogP contribution in [0.2, 0.25) is 0 Å². The van der Waals surface area contributed by atoms with Crippen molar-refractivity contribution in [2.24, 2.45) is 0 Å². The highest BCUT2D eigenvalue weighted by Crippen LogP contribution is 2.31. The van der Waals surface area contributed by atoms with Gasteiger partial charge in [0.2, 0.25) is 0 Å². The van der Waals surface area contributed by atoms with E-state index in [0.29, 0.717) is 13.2 Å². The van der Waals surface area contributed by atoms with Crippen LogP contribution in [0.4, 0.5) is 13.2 Å². The average molecular weight is 309 g/mol. The Morgan fingerprint density at radius 3 is 2.41 bits per heavy atom. The zero-order valence-corrected chi connectivity index (χ0v) is 12.2. The molecule has 2 aromatic rings. The van der Waals surface area contributed by atoms with Crippen molar-refractivity contribution in [3.63, 3.8) is 0 Å². The summed E-state index contributed by atoms with van der Waals surface area (Å²) in [4.78, 5) is 0. The van der Waals surface area contributed by atoms with Crippen LogP contribution in [0.25, 0.3) is 0 Å². The molecule has 2 rings (SSSR count). The molecule has 0 bridgehead atoms. The Labute approximate surface area is 127 Å². The summed E-state index contributed by atoms with van der Waals surface area (Å²) in [6, 6.07) is 14.7. The van der Waals surface area contributed by atoms with Crippen LogP contribution in [0.1, 0.15) is 17.0 Å². The van der Waals surface area contributed by atoms with Gasteiger partial charge in [-0.05, 0) is 30.8 Å². The predicted octanol–water partition coefficient (Wildman–Crippen LogP) is 4.09. The molecule has 2 aromatic carbocycles. The van der Waals surface area contributed by atoms with E-state index in [-0.39, 0.29) is 11.7 Å². The zero-order chi connectivity index (χ0) is 16.0. The standard InChI is InChI=1S/C17H18F3NO/c1-21-11-14(13-6-3-2-4-7-13)12-22-16-9-5-8-15(10-16)17(18,19)20/h2-10,14,21H,11-12H2,1H3. The summed E-state index contributed by atoms with van der Waals surface area (Å²) in [5.74, 6) is 0.299. The van der Waals surface area contributed by atoms with Gasteiger partial charge in [-0.15, -0.1) is 0 Å². The molecule has 0 aliphatic heterocycles. The first kappa shape index (κ1) is 16.4. The summed E-state index contributed by atoms with van der Waals surface area (Å²) in [5, 5.41) is 3.08. The fourth-order valence-electron chi connectivity index (χ4n) is 2.20. The number of rotatable bonds is 6. The molecule has 0 heterocycles. The summed E-state index contributed by atoms with van der Waals surface area (Å²) in [7, 11) is 1.83. The largest absolute Gasteiger partial charge is 0.493 e. The average Bonchev–Trinajstić information content (AvgIpc) is 2.52. The Balaban J connectivity index is 2.07. The van der Waals surface area contributed by atoms with Crippen LogP contribution in [-0.2, 0) is 6.18 Å². The molecular weight excluding hydrogens is 291 g/mol. The Kier molecular flexibility index (Phi) is 5.44. The van der Waals surface area contributed by atoms with Crippen LogP contribution in [0.15, 0.2) is 54.6 Å². The Bertz CT molecular complexity index is 584. The van der Waals surface area contributed by atoms with Gasteiger partial charge in [-0.1, -0.05) is 36.4 Å². The second kappa shape index (κ2) is 7.31. The van der Waals surface area contributed by atoms with E-state index in [1.54, 1.807) is 0 Å². The lowest BCUT2D eigenvalue weighted by Crippen LogP contribution is -2.22. The molecule has 2 nitrogen and oxygen atoms in total. The lowest BCUT2D eigenvalue weighted by atomic mass is 10.00. The maximum absolute atomic E-state index is 12.7. The molecule has 22 heavy (non-hydrogen) atoms. The van der Waals surface area contributed by atoms with E-state index in [2.05, 4.69) is 5.32 Å². The van der Waals surface area contributed by atoms with E-state index in [0.717, 1.165) is 17.7 Å². The number of nitrogens with one attached hydrogen (secondary N) is 1. The number of ether oxygens (including phenoxy) is 1. The van der Waals surface area contributed by atoms with Crippen molar-refractivity contribution in [1.29, 1.82) is 0 Å². The minimum Gasteiger partial charge on any atom is -0.493 e. The van der Waals surface area contributed by atoms with Gasteiger partial charge in [0.15, 0.2) is 0 Å². The smallest absolute Gasteiger partial charge is 0.416 e. The second-order valence-corrected chi connectivity index (χ2v) is 5.00. The summed E-state index contributed by atoms with van der Waals surface area (Å²) in [6.07, 6.45) is -4.36. The van der Waals surface area contributed by atoms with Gasteiger partial charge < -0.3 is 10.1 Å². The molecule has 1 atom stereocenters. The first-order valence-electron chi connectivity index (χ1n) is 7.00. The van der Waals surface area contributed by atoms with E-state index in [9.17, 15) is 13.2 Å². The number of hydrogen-bond donors (Lipinski definition) is 1. The third kappa shape index (κ3) is 4.49. The fourth-order valence-corrected chi connectivity index (χ4v) is 2.20. The number of likely N-dealkylation sites (N-methyl/N-ethyl adjacent to an activating group) is 1. The first-order valence-corrected chi connectivity index (χ1v) is 7.00. The lowest BCUT2D eigenvalue weighted by molar-refractivity contribution is -0.137. The molecular formula is C17H18F3NO. The van der Waals surface area contributed by atoms with Crippen molar-refractivity contribution in [3.8, 4) is 5.75 Å². The van der Waals surface area contributed by atoms with E-state index in [4.69, 9.17) is 4.74 Å². The van der Waals surface area contributed by atoms with Crippen LogP contribution in [0, 0.1) is 0 Å². The molecule has 0 saturated heterocycles. The zero-order valence-electron chi connectivity index (χ0n) is 12.2. The third-order valence-corrected chi connectivity index (χ3v) is 3.33. The number of halogens is 3. The normalized spacial score (nSPS) is 12.9. The third-order valence-electron chi connectivity index (χ3n) is 3.33. The maximum atomic E-state index is 12.7. The quantitative estimate of drug-likeness (QED) is 0.868. The van der Waals surface area contributed by atoms with Gasteiger partial charge in [0, 0.05) is 12.5 Å². The van der Waals surface area contributed by atoms with Crippen molar-refractivity contribution in [1.82, 2.24) is 5.32 Å². The SMILES string of the molecule is CNCC(COc1cccc(C(F)(F)F)c1)c1ccccc1. The number of hydrogen-bond acceptors (Lipinski definition) is 2. The summed E-state index contributed by atoms with van der Waals surface area (Å²) in [5.41, 5.74) is 0.388. The van der Waals surface area contributed by atoms with E-state index in [1.807, 2.05) is 37.4 Å². The molecule has 0 amide bonds. The second-order valence-electron chi connectivity index (χ2n) is 5.00. The molecule has 118 valence electrons. The van der Waals surface area contributed by atoms with E-state index < -0.39 is 11.7 Å². The minimum absolute atomic E-state index is 0.0701.